The molecular formula is C14H16NO2+. The van der Waals surface area contributed by atoms with E-state index in [0.717, 1.165) is 22.9 Å². The summed E-state index contributed by atoms with van der Waals surface area (Å²) in [6, 6.07) is 15.9. The van der Waals surface area contributed by atoms with Gasteiger partial charge in [-0.15, -0.1) is 0 Å². The van der Waals surface area contributed by atoms with Gasteiger partial charge in [-0.3, -0.25) is 5.32 Å². The second-order valence-corrected chi connectivity index (χ2v) is 3.69. The Bertz CT molecular complexity index is 417. The van der Waals surface area contributed by atoms with Crippen molar-refractivity contribution in [3.05, 3.63) is 48.5 Å². The molecule has 0 fully saturated rings. The summed E-state index contributed by atoms with van der Waals surface area (Å²) in [7, 11) is 3.34. The molecule has 0 bridgehead atoms. The van der Waals surface area contributed by atoms with E-state index >= 15 is 0 Å². The average Bonchev–Trinajstić information content (AvgIpc) is 2.40. The van der Waals surface area contributed by atoms with Crippen molar-refractivity contribution in [2.24, 2.45) is 0 Å². The minimum Gasteiger partial charge on any atom is -0.497 e. The van der Waals surface area contributed by atoms with Crippen LogP contribution in [0.15, 0.2) is 48.5 Å². The molecule has 0 spiro atoms. The first kappa shape index (κ1) is 11.5. The Morgan fingerprint density at radius 1 is 0.647 bits per heavy atom. The first-order chi connectivity index (χ1) is 8.31. The maximum atomic E-state index is 5.12. The van der Waals surface area contributed by atoms with Crippen molar-refractivity contribution in [2.75, 3.05) is 14.2 Å². The van der Waals surface area contributed by atoms with E-state index in [1.54, 1.807) is 14.2 Å². The zero-order valence-corrected chi connectivity index (χ0v) is 10.0. The second kappa shape index (κ2) is 5.37. The molecule has 2 rings (SSSR count). The highest BCUT2D eigenvalue weighted by Crippen LogP contribution is 2.15. The van der Waals surface area contributed by atoms with E-state index in [1.807, 2.05) is 48.5 Å². The molecule has 0 radical (unpaired) electrons. The van der Waals surface area contributed by atoms with E-state index in [2.05, 4.69) is 5.32 Å². The molecule has 2 aromatic carbocycles. The molecule has 0 saturated heterocycles. The van der Waals surface area contributed by atoms with E-state index < -0.39 is 0 Å². The first-order valence-corrected chi connectivity index (χ1v) is 5.44. The summed E-state index contributed by atoms with van der Waals surface area (Å²) in [4.78, 5) is 0. The van der Waals surface area contributed by atoms with Gasteiger partial charge in [0.05, 0.1) is 14.2 Å². The molecule has 88 valence electrons. The van der Waals surface area contributed by atoms with Crippen molar-refractivity contribution in [1.82, 2.24) is 0 Å². The molecule has 17 heavy (non-hydrogen) atoms. The molecule has 0 saturated carbocycles. The largest absolute Gasteiger partial charge is 0.497 e. The lowest BCUT2D eigenvalue weighted by atomic mass is 10.2. The Balaban J connectivity index is 2.08. The maximum absolute atomic E-state index is 5.12. The Morgan fingerprint density at radius 2 is 1.00 bits per heavy atom. The van der Waals surface area contributed by atoms with Gasteiger partial charge in [-0.2, -0.15) is 0 Å². The van der Waals surface area contributed by atoms with E-state index in [-0.39, 0.29) is 0 Å². The van der Waals surface area contributed by atoms with E-state index in [1.165, 1.54) is 0 Å². The quantitative estimate of drug-likeness (QED) is 0.817. The fourth-order valence-electron chi connectivity index (χ4n) is 1.59. The lowest BCUT2D eigenvalue weighted by Gasteiger charge is -2.03. The van der Waals surface area contributed by atoms with Crippen LogP contribution in [-0.2, 0) is 0 Å². The fraction of sp³-hybridized carbons (Fsp3) is 0.143. The number of quaternary nitrogens is 1. The van der Waals surface area contributed by atoms with E-state index in [4.69, 9.17) is 9.47 Å². The molecule has 0 heterocycles. The van der Waals surface area contributed by atoms with Crippen molar-refractivity contribution in [3.63, 3.8) is 0 Å². The summed E-state index contributed by atoms with van der Waals surface area (Å²) in [5, 5.41) is 2.11. The molecule has 2 N–H and O–H groups in total. The SMILES string of the molecule is COc1ccc([NH2+]c2ccc(OC)cc2)cc1. The normalized spacial score (nSPS) is 10.0. The summed E-state index contributed by atoms with van der Waals surface area (Å²) in [6.07, 6.45) is 0. The van der Waals surface area contributed by atoms with Crippen molar-refractivity contribution in [2.45, 2.75) is 0 Å². The van der Waals surface area contributed by atoms with Gasteiger partial charge < -0.3 is 9.47 Å². The summed E-state index contributed by atoms with van der Waals surface area (Å²) in [5.74, 6) is 1.74. The Kier molecular flexibility index (Phi) is 3.62. The smallest absolute Gasteiger partial charge is 0.134 e. The number of benzene rings is 2. The minimum atomic E-state index is 0.872. The van der Waals surface area contributed by atoms with Gasteiger partial charge in [0.15, 0.2) is 0 Å². The standard InChI is InChI=1S/C14H15NO2/c1-16-13-7-3-11(4-8-13)15-12-5-9-14(17-2)10-6-12/h3-10,15H,1-2H3/p+1. The van der Waals surface area contributed by atoms with Crippen molar-refractivity contribution in [3.8, 4) is 11.5 Å². The summed E-state index contributed by atoms with van der Waals surface area (Å²) in [5.41, 5.74) is 2.30. The molecule has 0 aliphatic carbocycles. The van der Waals surface area contributed by atoms with Gasteiger partial charge in [0.25, 0.3) is 0 Å². The third kappa shape index (κ3) is 2.98. The lowest BCUT2D eigenvalue weighted by molar-refractivity contribution is -0.478. The number of hydrogen-bond donors (Lipinski definition) is 1. The van der Waals surface area contributed by atoms with Gasteiger partial charge in [-0.05, 0) is 24.3 Å². The van der Waals surface area contributed by atoms with Crippen LogP contribution in [0.5, 0.6) is 11.5 Å². The summed E-state index contributed by atoms with van der Waals surface area (Å²) >= 11 is 0. The Hall–Kier alpha value is -2.00. The first-order valence-electron chi connectivity index (χ1n) is 5.44. The topological polar surface area (TPSA) is 35.1 Å². The predicted octanol–water partition coefficient (Wildman–Crippen LogP) is 2.23. The summed E-state index contributed by atoms with van der Waals surface area (Å²) in [6.45, 7) is 0. The van der Waals surface area contributed by atoms with E-state index in [0.29, 0.717) is 0 Å². The van der Waals surface area contributed by atoms with Crippen LogP contribution in [0.1, 0.15) is 0 Å². The zero-order valence-electron chi connectivity index (χ0n) is 10.0. The highest BCUT2D eigenvalue weighted by Gasteiger charge is 2.01. The second-order valence-electron chi connectivity index (χ2n) is 3.69. The van der Waals surface area contributed by atoms with Crippen LogP contribution in [-0.4, -0.2) is 14.2 Å². The third-order valence-electron chi connectivity index (χ3n) is 2.56. The number of rotatable bonds is 4. The predicted molar refractivity (Wildman–Crippen MR) is 67.2 cm³/mol. The van der Waals surface area contributed by atoms with Crippen LogP contribution >= 0.6 is 0 Å². The van der Waals surface area contributed by atoms with Gasteiger partial charge in [-0.25, -0.2) is 0 Å². The van der Waals surface area contributed by atoms with Gasteiger partial charge >= 0.3 is 0 Å². The van der Waals surface area contributed by atoms with Crippen LogP contribution in [0.25, 0.3) is 0 Å². The Labute approximate surface area is 101 Å². The monoisotopic (exact) mass is 230 g/mol. The van der Waals surface area contributed by atoms with Crippen LogP contribution in [0.2, 0.25) is 0 Å². The average molecular weight is 230 g/mol. The van der Waals surface area contributed by atoms with Crippen molar-refractivity contribution in [1.29, 1.82) is 0 Å². The molecule has 3 heteroatoms. The van der Waals surface area contributed by atoms with E-state index in [9.17, 15) is 0 Å². The highest BCUT2D eigenvalue weighted by molar-refractivity contribution is 5.41. The van der Waals surface area contributed by atoms with Gasteiger partial charge in [0.1, 0.15) is 22.9 Å². The number of ether oxygens (including phenoxy) is 2. The molecule has 0 aliphatic rings. The fourth-order valence-corrected chi connectivity index (χ4v) is 1.59. The minimum absolute atomic E-state index is 0.872. The van der Waals surface area contributed by atoms with Crippen LogP contribution in [0.3, 0.4) is 0 Å². The molecular weight excluding hydrogens is 214 g/mol. The third-order valence-corrected chi connectivity index (χ3v) is 2.56. The van der Waals surface area contributed by atoms with Crippen molar-refractivity contribution < 1.29 is 14.8 Å². The van der Waals surface area contributed by atoms with Crippen LogP contribution < -0.4 is 14.8 Å². The lowest BCUT2D eigenvalue weighted by Crippen LogP contribution is -2.70. The van der Waals surface area contributed by atoms with Gasteiger partial charge in [0.2, 0.25) is 0 Å². The molecule has 0 atom stereocenters. The molecule has 3 nitrogen and oxygen atoms in total. The van der Waals surface area contributed by atoms with Crippen LogP contribution in [0.4, 0.5) is 11.4 Å². The van der Waals surface area contributed by atoms with Gasteiger partial charge in [-0.1, -0.05) is 0 Å². The molecule has 0 unspecified atom stereocenters. The van der Waals surface area contributed by atoms with Gasteiger partial charge in [0, 0.05) is 24.3 Å². The maximum Gasteiger partial charge on any atom is 0.134 e. The number of nitrogens with two attached hydrogens (primary N) is 1. The Morgan fingerprint density at radius 3 is 1.29 bits per heavy atom. The molecule has 0 amide bonds. The highest BCUT2D eigenvalue weighted by atomic mass is 16.5. The molecule has 0 aliphatic heterocycles. The summed E-state index contributed by atoms with van der Waals surface area (Å²) < 4.78 is 10.2. The molecule has 0 aromatic heterocycles. The van der Waals surface area contributed by atoms with Crippen molar-refractivity contribution >= 4 is 11.4 Å². The zero-order chi connectivity index (χ0) is 12.1. The van der Waals surface area contributed by atoms with Crippen LogP contribution in [0, 0.1) is 0 Å². The number of methoxy groups -OCH3 is 2. The number of hydrogen-bond acceptors (Lipinski definition) is 2. The molecule has 2 aromatic rings.